The molecule has 0 saturated carbocycles. The van der Waals surface area contributed by atoms with E-state index in [9.17, 15) is 14.9 Å². The van der Waals surface area contributed by atoms with Crippen molar-refractivity contribution in [3.8, 4) is 16.9 Å². The van der Waals surface area contributed by atoms with Gasteiger partial charge in [-0.25, -0.2) is 4.68 Å². The molecular formula is C19H16N4O3. The quantitative estimate of drug-likeness (QED) is 0.580. The fourth-order valence-electron chi connectivity index (χ4n) is 3.41. The van der Waals surface area contributed by atoms with Crippen molar-refractivity contribution in [2.75, 3.05) is 0 Å². The lowest BCUT2D eigenvalue weighted by atomic mass is 9.88. The van der Waals surface area contributed by atoms with Crippen LogP contribution in [0.4, 0.5) is 5.69 Å². The van der Waals surface area contributed by atoms with E-state index in [1.807, 2.05) is 31.2 Å². The molecular weight excluding hydrogens is 332 g/mol. The molecule has 1 aliphatic rings. The van der Waals surface area contributed by atoms with Gasteiger partial charge in [0.05, 0.1) is 16.3 Å². The Morgan fingerprint density at radius 3 is 2.58 bits per heavy atom. The zero-order chi connectivity index (χ0) is 18.4. The molecule has 1 amide bonds. The van der Waals surface area contributed by atoms with Crippen LogP contribution in [0.15, 0.2) is 42.5 Å². The van der Waals surface area contributed by atoms with Crippen LogP contribution in [0.25, 0.3) is 16.9 Å². The molecule has 2 aromatic carbocycles. The Hall–Kier alpha value is -3.48. The fraction of sp³-hybridized carbons (Fsp3) is 0.158. The fourth-order valence-corrected chi connectivity index (χ4v) is 3.41. The summed E-state index contributed by atoms with van der Waals surface area (Å²) in [4.78, 5) is 22.7. The number of nitrogens with zero attached hydrogens (tertiary/aromatic N) is 3. The number of aromatic nitrogens is 2. The van der Waals surface area contributed by atoms with Crippen molar-refractivity contribution in [1.82, 2.24) is 9.78 Å². The molecule has 0 fully saturated rings. The van der Waals surface area contributed by atoms with Gasteiger partial charge in [0, 0.05) is 23.3 Å². The van der Waals surface area contributed by atoms with Crippen LogP contribution in [-0.4, -0.2) is 20.6 Å². The molecule has 0 spiro atoms. The van der Waals surface area contributed by atoms with E-state index in [4.69, 9.17) is 5.73 Å². The number of fused-ring (bicyclic) bond motifs is 3. The Morgan fingerprint density at radius 2 is 1.92 bits per heavy atom. The van der Waals surface area contributed by atoms with Gasteiger partial charge < -0.3 is 5.73 Å². The van der Waals surface area contributed by atoms with Crippen molar-refractivity contribution < 1.29 is 9.72 Å². The van der Waals surface area contributed by atoms with Crippen LogP contribution in [0, 0.1) is 17.0 Å². The lowest BCUT2D eigenvalue weighted by Crippen LogP contribution is -2.15. The van der Waals surface area contributed by atoms with E-state index in [0.29, 0.717) is 18.5 Å². The number of rotatable bonds is 3. The van der Waals surface area contributed by atoms with Gasteiger partial charge in [0.2, 0.25) is 0 Å². The van der Waals surface area contributed by atoms with Gasteiger partial charge in [0.25, 0.3) is 11.6 Å². The van der Waals surface area contributed by atoms with Crippen molar-refractivity contribution in [1.29, 1.82) is 0 Å². The molecule has 0 bridgehead atoms. The monoisotopic (exact) mass is 348 g/mol. The Labute approximate surface area is 149 Å². The molecule has 0 aliphatic heterocycles. The Morgan fingerprint density at radius 1 is 1.19 bits per heavy atom. The number of carbonyl (C=O) groups is 1. The normalized spacial score (nSPS) is 12.3. The Balaban J connectivity index is 2.01. The number of hydrogen-bond donors (Lipinski definition) is 1. The average molecular weight is 348 g/mol. The van der Waals surface area contributed by atoms with Crippen LogP contribution in [0.3, 0.4) is 0 Å². The molecule has 130 valence electrons. The summed E-state index contributed by atoms with van der Waals surface area (Å²) >= 11 is 0. The van der Waals surface area contributed by atoms with E-state index in [-0.39, 0.29) is 11.4 Å². The highest BCUT2D eigenvalue weighted by atomic mass is 16.6. The van der Waals surface area contributed by atoms with Crippen molar-refractivity contribution in [2.24, 2.45) is 5.73 Å². The molecule has 3 aromatic rings. The van der Waals surface area contributed by atoms with Gasteiger partial charge in [-0.3, -0.25) is 14.9 Å². The van der Waals surface area contributed by atoms with Crippen LogP contribution in [0.5, 0.6) is 0 Å². The summed E-state index contributed by atoms with van der Waals surface area (Å²) in [6.07, 6.45) is 1.30. The minimum Gasteiger partial charge on any atom is -0.364 e. The van der Waals surface area contributed by atoms with Crippen LogP contribution in [0.2, 0.25) is 0 Å². The molecule has 0 radical (unpaired) electrons. The van der Waals surface area contributed by atoms with Gasteiger partial charge in [0.1, 0.15) is 0 Å². The van der Waals surface area contributed by atoms with Crippen LogP contribution < -0.4 is 5.73 Å². The van der Waals surface area contributed by atoms with E-state index in [1.165, 1.54) is 6.07 Å². The van der Waals surface area contributed by atoms with Crippen LogP contribution >= 0.6 is 0 Å². The first-order chi connectivity index (χ1) is 12.5. The first-order valence-corrected chi connectivity index (χ1v) is 8.22. The second-order valence-electron chi connectivity index (χ2n) is 6.39. The van der Waals surface area contributed by atoms with E-state index < -0.39 is 10.8 Å². The summed E-state index contributed by atoms with van der Waals surface area (Å²) in [7, 11) is 0. The third-order valence-electron chi connectivity index (χ3n) is 4.70. The Kier molecular flexibility index (Phi) is 3.57. The zero-order valence-electron chi connectivity index (χ0n) is 14.1. The second-order valence-corrected chi connectivity index (χ2v) is 6.39. The third kappa shape index (κ3) is 2.45. The number of non-ortho nitro benzene ring substituents is 1. The molecule has 7 nitrogen and oxygen atoms in total. The summed E-state index contributed by atoms with van der Waals surface area (Å²) in [5.74, 6) is -0.596. The lowest BCUT2D eigenvalue weighted by Gasteiger charge is -2.18. The number of carbonyl (C=O) groups excluding carboxylic acids is 1. The highest BCUT2D eigenvalue weighted by molar-refractivity contribution is 5.95. The number of primary amides is 1. The molecule has 26 heavy (non-hydrogen) atoms. The van der Waals surface area contributed by atoms with E-state index in [2.05, 4.69) is 5.10 Å². The summed E-state index contributed by atoms with van der Waals surface area (Å²) < 4.78 is 1.66. The summed E-state index contributed by atoms with van der Waals surface area (Å²) in [6.45, 7) is 1.98. The first-order valence-electron chi connectivity index (χ1n) is 8.22. The number of nitro benzene ring substituents is 1. The number of hydrogen-bond acceptors (Lipinski definition) is 4. The maximum Gasteiger partial charge on any atom is 0.270 e. The molecule has 2 N–H and O–H groups in total. The van der Waals surface area contributed by atoms with Crippen LogP contribution in [-0.2, 0) is 12.8 Å². The molecule has 0 saturated heterocycles. The minimum absolute atomic E-state index is 0.00822. The van der Waals surface area contributed by atoms with Gasteiger partial charge in [-0.15, -0.1) is 0 Å². The van der Waals surface area contributed by atoms with Gasteiger partial charge >= 0.3 is 0 Å². The number of nitrogens with two attached hydrogens (primary N) is 1. The molecule has 4 rings (SSSR count). The van der Waals surface area contributed by atoms with Gasteiger partial charge in [-0.2, -0.15) is 5.10 Å². The van der Waals surface area contributed by atoms with E-state index in [0.717, 1.165) is 27.9 Å². The topological polar surface area (TPSA) is 104 Å². The number of nitro groups is 1. The first kappa shape index (κ1) is 16.0. The molecule has 1 aromatic heterocycles. The van der Waals surface area contributed by atoms with Crippen LogP contribution in [0.1, 0.15) is 27.2 Å². The predicted molar refractivity (Wildman–Crippen MR) is 96.3 cm³/mol. The minimum atomic E-state index is -0.596. The largest absolute Gasteiger partial charge is 0.364 e. The molecule has 1 heterocycles. The maximum absolute atomic E-state index is 11.9. The molecule has 7 heteroatoms. The number of aryl methyl sites for hydroxylation is 2. The smallest absolute Gasteiger partial charge is 0.270 e. The predicted octanol–water partition coefficient (Wildman–Crippen LogP) is 2.95. The molecule has 0 unspecified atom stereocenters. The standard InChI is InChI=1S/C19H16N4O3/c1-11-2-6-13(7-3-11)22-18-15(17(21-22)19(20)24)9-5-12-4-8-14(23(25)26)10-16(12)18/h2-4,6-8,10H,5,9H2,1H3,(H2,20,24). The summed E-state index contributed by atoms with van der Waals surface area (Å²) in [6, 6.07) is 12.5. The number of amides is 1. The summed E-state index contributed by atoms with van der Waals surface area (Å²) in [5, 5.41) is 15.7. The van der Waals surface area contributed by atoms with Crippen molar-refractivity contribution >= 4 is 11.6 Å². The van der Waals surface area contributed by atoms with E-state index >= 15 is 0 Å². The average Bonchev–Trinajstić information content (AvgIpc) is 3.02. The van der Waals surface area contributed by atoms with Gasteiger partial charge in [0.15, 0.2) is 5.69 Å². The summed E-state index contributed by atoms with van der Waals surface area (Å²) in [5.41, 5.74) is 10.8. The lowest BCUT2D eigenvalue weighted by molar-refractivity contribution is -0.384. The van der Waals surface area contributed by atoms with Crippen molar-refractivity contribution in [2.45, 2.75) is 19.8 Å². The van der Waals surface area contributed by atoms with Gasteiger partial charge in [-0.1, -0.05) is 23.8 Å². The number of benzene rings is 2. The highest BCUT2D eigenvalue weighted by Gasteiger charge is 2.29. The van der Waals surface area contributed by atoms with Crippen molar-refractivity contribution in [3.63, 3.8) is 0 Å². The van der Waals surface area contributed by atoms with Crippen molar-refractivity contribution in [3.05, 3.63) is 75.0 Å². The molecule has 0 atom stereocenters. The SMILES string of the molecule is Cc1ccc(-n2nc(C(N)=O)c3c2-c2cc([N+](=O)[O-])ccc2CC3)cc1. The second kappa shape index (κ2) is 5.80. The van der Waals surface area contributed by atoms with Gasteiger partial charge in [-0.05, 0) is 37.5 Å². The zero-order valence-corrected chi connectivity index (χ0v) is 14.1. The highest BCUT2D eigenvalue weighted by Crippen LogP contribution is 2.38. The molecule has 1 aliphatic carbocycles. The maximum atomic E-state index is 11.9. The Bertz CT molecular complexity index is 1050. The third-order valence-corrected chi connectivity index (χ3v) is 4.70. The van der Waals surface area contributed by atoms with E-state index in [1.54, 1.807) is 16.8 Å².